The zero-order valence-electron chi connectivity index (χ0n) is 11.1. The molecule has 102 valence electrons. The quantitative estimate of drug-likeness (QED) is 0.835. The Morgan fingerprint density at radius 1 is 1.32 bits per heavy atom. The fourth-order valence-corrected chi connectivity index (χ4v) is 2.58. The SMILES string of the molecule is C[C@H]1ON=C2CO[C@@H](COCc3ccccc3)C[C@H]21. The van der Waals surface area contributed by atoms with Crippen molar-refractivity contribution in [2.75, 3.05) is 13.2 Å². The first-order valence-corrected chi connectivity index (χ1v) is 6.79. The van der Waals surface area contributed by atoms with Gasteiger partial charge in [0, 0.05) is 5.92 Å². The van der Waals surface area contributed by atoms with Gasteiger partial charge in [-0.1, -0.05) is 35.5 Å². The molecule has 1 aromatic carbocycles. The van der Waals surface area contributed by atoms with E-state index in [0.717, 1.165) is 12.1 Å². The van der Waals surface area contributed by atoms with E-state index in [1.165, 1.54) is 5.56 Å². The highest BCUT2D eigenvalue weighted by Crippen LogP contribution is 2.28. The molecule has 1 saturated heterocycles. The summed E-state index contributed by atoms with van der Waals surface area (Å²) in [6, 6.07) is 10.2. The number of benzene rings is 1. The number of hydrogen-bond donors (Lipinski definition) is 0. The molecule has 2 aliphatic rings. The Hall–Kier alpha value is -1.39. The molecule has 0 aliphatic carbocycles. The Labute approximate surface area is 113 Å². The molecule has 0 bridgehead atoms. The number of oxime groups is 1. The maximum absolute atomic E-state index is 5.74. The fraction of sp³-hybridized carbons (Fsp3) is 0.533. The summed E-state index contributed by atoms with van der Waals surface area (Å²) >= 11 is 0. The fourth-order valence-electron chi connectivity index (χ4n) is 2.58. The van der Waals surface area contributed by atoms with Crippen LogP contribution >= 0.6 is 0 Å². The van der Waals surface area contributed by atoms with Crippen molar-refractivity contribution < 1.29 is 14.3 Å². The number of hydrogen-bond acceptors (Lipinski definition) is 4. The van der Waals surface area contributed by atoms with Crippen molar-refractivity contribution in [1.82, 2.24) is 0 Å². The molecule has 19 heavy (non-hydrogen) atoms. The van der Waals surface area contributed by atoms with Crippen molar-refractivity contribution in [2.24, 2.45) is 11.1 Å². The molecule has 4 nitrogen and oxygen atoms in total. The lowest BCUT2D eigenvalue weighted by Gasteiger charge is -2.28. The topological polar surface area (TPSA) is 40.0 Å². The van der Waals surface area contributed by atoms with Crippen LogP contribution in [0.1, 0.15) is 18.9 Å². The second kappa shape index (κ2) is 5.72. The van der Waals surface area contributed by atoms with E-state index in [9.17, 15) is 0 Å². The molecule has 3 rings (SSSR count). The lowest BCUT2D eigenvalue weighted by molar-refractivity contribution is -0.0337. The third kappa shape index (κ3) is 2.96. The van der Waals surface area contributed by atoms with Crippen LogP contribution in [0.15, 0.2) is 35.5 Å². The summed E-state index contributed by atoms with van der Waals surface area (Å²) in [4.78, 5) is 5.29. The number of rotatable bonds is 4. The summed E-state index contributed by atoms with van der Waals surface area (Å²) in [6.45, 7) is 3.91. The van der Waals surface area contributed by atoms with Gasteiger partial charge < -0.3 is 14.3 Å². The Morgan fingerprint density at radius 3 is 3.00 bits per heavy atom. The van der Waals surface area contributed by atoms with Gasteiger partial charge in [0.1, 0.15) is 6.10 Å². The molecule has 0 unspecified atom stereocenters. The van der Waals surface area contributed by atoms with Crippen molar-refractivity contribution in [2.45, 2.75) is 32.2 Å². The van der Waals surface area contributed by atoms with Gasteiger partial charge in [0.15, 0.2) is 0 Å². The molecule has 2 heterocycles. The average molecular weight is 261 g/mol. The second-order valence-electron chi connectivity index (χ2n) is 5.17. The van der Waals surface area contributed by atoms with Crippen LogP contribution in [0, 0.1) is 5.92 Å². The Bertz CT molecular complexity index is 446. The smallest absolute Gasteiger partial charge is 0.133 e. The number of nitrogens with zero attached hydrogens (tertiary/aromatic N) is 1. The molecular formula is C15H19NO3. The Kier molecular flexibility index (Phi) is 3.80. The van der Waals surface area contributed by atoms with Crippen molar-refractivity contribution >= 4 is 5.71 Å². The van der Waals surface area contributed by atoms with Crippen molar-refractivity contribution in [3.8, 4) is 0 Å². The normalized spacial score (nSPS) is 29.5. The van der Waals surface area contributed by atoms with E-state index in [4.69, 9.17) is 14.3 Å². The monoisotopic (exact) mass is 261 g/mol. The van der Waals surface area contributed by atoms with E-state index in [1.807, 2.05) is 18.2 Å². The molecule has 1 fully saturated rings. The maximum atomic E-state index is 5.74. The summed E-state index contributed by atoms with van der Waals surface area (Å²) in [6.07, 6.45) is 1.27. The van der Waals surface area contributed by atoms with Crippen LogP contribution in [0.5, 0.6) is 0 Å². The summed E-state index contributed by atoms with van der Waals surface area (Å²) in [5, 5.41) is 4.05. The van der Waals surface area contributed by atoms with E-state index in [-0.39, 0.29) is 12.2 Å². The zero-order chi connectivity index (χ0) is 13.1. The molecule has 0 saturated carbocycles. The van der Waals surface area contributed by atoms with E-state index in [2.05, 4.69) is 24.2 Å². The first-order chi connectivity index (χ1) is 9.33. The van der Waals surface area contributed by atoms with Gasteiger partial charge in [-0.3, -0.25) is 0 Å². The zero-order valence-corrected chi connectivity index (χ0v) is 11.1. The minimum atomic E-state index is 0.150. The number of ether oxygens (including phenoxy) is 2. The highest BCUT2D eigenvalue weighted by Gasteiger charge is 2.37. The van der Waals surface area contributed by atoms with E-state index < -0.39 is 0 Å². The lowest BCUT2D eigenvalue weighted by atomic mass is 9.90. The van der Waals surface area contributed by atoms with Gasteiger partial charge in [0.2, 0.25) is 0 Å². The van der Waals surface area contributed by atoms with Gasteiger partial charge in [0.25, 0.3) is 0 Å². The average Bonchev–Trinajstić information content (AvgIpc) is 2.82. The molecule has 1 aromatic rings. The molecule has 2 aliphatic heterocycles. The highest BCUT2D eigenvalue weighted by molar-refractivity contribution is 5.89. The summed E-state index contributed by atoms with van der Waals surface area (Å²) in [7, 11) is 0. The maximum Gasteiger partial charge on any atom is 0.133 e. The first-order valence-electron chi connectivity index (χ1n) is 6.79. The van der Waals surface area contributed by atoms with E-state index in [0.29, 0.717) is 25.7 Å². The summed E-state index contributed by atoms with van der Waals surface area (Å²) < 4.78 is 11.5. The predicted molar refractivity (Wildman–Crippen MR) is 71.9 cm³/mol. The predicted octanol–water partition coefficient (Wildman–Crippen LogP) is 2.38. The first kappa shape index (κ1) is 12.6. The highest BCUT2D eigenvalue weighted by atomic mass is 16.6. The Balaban J connectivity index is 1.45. The van der Waals surface area contributed by atoms with Gasteiger partial charge >= 0.3 is 0 Å². The Morgan fingerprint density at radius 2 is 2.16 bits per heavy atom. The van der Waals surface area contributed by atoms with Crippen LogP contribution in [0.3, 0.4) is 0 Å². The summed E-state index contributed by atoms with van der Waals surface area (Å²) in [5.74, 6) is 0.402. The van der Waals surface area contributed by atoms with Crippen LogP contribution < -0.4 is 0 Å². The number of fused-ring (bicyclic) bond motifs is 1. The lowest BCUT2D eigenvalue weighted by Crippen LogP contribution is -2.38. The van der Waals surface area contributed by atoms with Gasteiger partial charge in [0.05, 0.1) is 31.6 Å². The third-order valence-corrected chi connectivity index (χ3v) is 3.73. The third-order valence-electron chi connectivity index (χ3n) is 3.73. The summed E-state index contributed by atoms with van der Waals surface area (Å²) in [5.41, 5.74) is 2.24. The molecule has 0 spiro atoms. The molecule has 3 atom stereocenters. The van der Waals surface area contributed by atoms with E-state index in [1.54, 1.807) is 0 Å². The van der Waals surface area contributed by atoms with Crippen LogP contribution in [0.25, 0.3) is 0 Å². The molecule has 0 aromatic heterocycles. The molecule has 0 N–H and O–H groups in total. The van der Waals surface area contributed by atoms with Crippen LogP contribution in [-0.2, 0) is 20.9 Å². The van der Waals surface area contributed by atoms with Gasteiger partial charge in [-0.05, 0) is 18.9 Å². The van der Waals surface area contributed by atoms with Crippen molar-refractivity contribution in [3.63, 3.8) is 0 Å². The van der Waals surface area contributed by atoms with E-state index >= 15 is 0 Å². The second-order valence-corrected chi connectivity index (χ2v) is 5.17. The molecule has 0 radical (unpaired) electrons. The minimum Gasteiger partial charge on any atom is -0.392 e. The van der Waals surface area contributed by atoms with Crippen molar-refractivity contribution in [1.29, 1.82) is 0 Å². The standard InChI is InChI=1S/C15H19NO3/c1-11-14-7-13(18-10-15(14)16-19-11)9-17-8-12-5-3-2-4-6-12/h2-6,11,13-14H,7-10H2,1H3/t11-,13-,14+/m1/s1. The molecule has 4 heteroatoms. The van der Waals surface area contributed by atoms with Crippen molar-refractivity contribution in [3.05, 3.63) is 35.9 Å². The molecule has 0 amide bonds. The van der Waals surface area contributed by atoms with Gasteiger partial charge in [-0.15, -0.1) is 0 Å². The van der Waals surface area contributed by atoms with Crippen LogP contribution in [0.4, 0.5) is 0 Å². The molecular weight excluding hydrogens is 242 g/mol. The van der Waals surface area contributed by atoms with Crippen LogP contribution in [0.2, 0.25) is 0 Å². The minimum absolute atomic E-state index is 0.150. The van der Waals surface area contributed by atoms with Crippen LogP contribution in [-0.4, -0.2) is 31.1 Å². The van der Waals surface area contributed by atoms with Gasteiger partial charge in [-0.2, -0.15) is 0 Å². The largest absolute Gasteiger partial charge is 0.392 e. The van der Waals surface area contributed by atoms with Gasteiger partial charge in [-0.25, -0.2) is 0 Å².